The molecule has 0 atom stereocenters. The molecule has 27 heavy (non-hydrogen) atoms. The Hall–Kier alpha value is -1.90. The molecular weight excluding hydrogens is 384 g/mol. The summed E-state index contributed by atoms with van der Waals surface area (Å²) in [6.07, 6.45) is 2.94. The van der Waals surface area contributed by atoms with Crippen LogP contribution >= 0.6 is 0 Å². The Morgan fingerprint density at radius 2 is 1.44 bits per heavy atom. The van der Waals surface area contributed by atoms with E-state index in [1.807, 2.05) is 6.07 Å². The molecule has 0 radical (unpaired) electrons. The highest BCUT2D eigenvalue weighted by Gasteiger charge is 2.22. The molecule has 2 aromatic carbocycles. The first kappa shape index (κ1) is 19.9. The Balaban J connectivity index is 1.82. The Labute approximate surface area is 161 Å². The fourth-order valence-electron chi connectivity index (χ4n) is 3.34. The van der Waals surface area contributed by atoms with Gasteiger partial charge in [-0.3, -0.25) is 4.72 Å². The number of hydrogen-bond donors (Lipinski definition) is 1. The number of anilines is 1. The van der Waals surface area contributed by atoms with Crippen molar-refractivity contribution in [1.82, 2.24) is 4.31 Å². The molecule has 0 bridgehead atoms. The maximum Gasteiger partial charge on any atom is 0.261 e. The highest BCUT2D eigenvalue weighted by Crippen LogP contribution is 2.26. The van der Waals surface area contributed by atoms with E-state index < -0.39 is 20.0 Å². The summed E-state index contributed by atoms with van der Waals surface area (Å²) in [6, 6.07) is 11.0. The molecule has 8 heteroatoms. The molecule has 0 spiro atoms. The minimum absolute atomic E-state index is 0.145. The molecule has 6 nitrogen and oxygen atoms in total. The van der Waals surface area contributed by atoms with Gasteiger partial charge in [0, 0.05) is 18.8 Å². The van der Waals surface area contributed by atoms with Gasteiger partial charge in [0.15, 0.2) is 0 Å². The first-order chi connectivity index (χ1) is 12.8. The molecule has 0 unspecified atom stereocenters. The van der Waals surface area contributed by atoms with Gasteiger partial charge in [0.05, 0.1) is 9.79 Å². The predicted molar refractivity (Wildman–Crippen MR) is 106 cm³/mol. The van der Waals surface area contributed by atoms with Gasteiger partial charge >= 0.3 is 0 Å². The zero-order chi connectivity index (χ0) is 19.7. The molecule has 0 saturated carbocycles. The zero-order valence-electron chi connectivity index (χ0n) is 15.5. The molecule has 0 heterocycles. The third-order valence-electron chi connectivity index (χ3n) is 4.83. The standard InChI is InChI=1S/C19H24N2O4S2/c1-3-21(4-2)27(24,25)18-12-9-17(10-13-18)20-26(22,23)19-11-8-15-6-5-7-16(15)14-19/h8-14,20H,3-7H2,1-2H3. The van der Waals surface area contributed by atoms with Crippen molar-refractivity contribution in [2.75, 3.05) is 17.8 Å². The summed E-state index contributed by atoms with van der Waals surface area (Å²) in [4.78, 5) is 0.370. The maximum absolute atomic E-state index is 12.6. The lowest BCUT2D eigenvalue weighted by atomic mass is 10.1. The topological polar surface area (TPSA) is 83.6 Å². The van der Waals surface area contributed by atoms with Gasteiger partial charge in [-0.1, -0.05) is 19.9 Å². The number of fused-ring (bicyclic) bond motifs is 1. The zero-order valence-corrected chi connectivity index (χ0v) is 17.1. The van der Waals surface area contributed by atoms with E-state index in [0.29, 0.717) is 18.8 Å². The van der Waals surface area contributed by atoms with Crippen LogP contribution in [0.2, 0.25) is 0 Å². The third kappa shape index (κ3) is 4.02. The van der Waals surface area contributed by atoms with E-state index in [1.54, 1.807) is 26.0 Å². The fraction of sp³-hybridized carbons (Fsp3) is 0.368. The smallest absolute Gasteiger partial charge is 0.261 e. The number of benzene rings is 2. The first-order valence-corrected chi connectivity index (χ1v) is 11.9. The van der Waals surface area contributed by atoms with Crippen LogP contribution < -0.4 is 4.72 Å². The van der Waals surface area contributed by atoms with Crippen molar-refractivity contribution in [3.63, 3.8) is 0 Å². The minimum Gasteiger partial charge on any atom is -0.280 e. The van der Waals surface area contributed by atoms with Crippen LogP contribution in [0.25, 0.3) is 0 Å². The van der Waals surface area contributed by atoms with E-state index >= 15 is 0 Å². The Morgan fingerprint density at radius 1 is 0.852 bits per heavy atom. The monoisotopic (exact) mass is 408 g/mol. The van der Waals surface area contributed by atoms with Crippen LogP contribution in [0.3, 0.4) is 0 Å². The summed E-state index contributed by atoms with van der Waals surface area (Å²) in [5.74, 6) is 0. The molecule has 1 N–H and O–H groups in total. The van der Waals surface area contributed by atoms with Gasteiger partial charge in [0.1, 0.15) is 0 Å². The van der Waals surface area contributed by atoms with Crippen LogP contribution in [0.15, 0.2) is 52.3 Å². The van der Waals surface area contributed by atoms with Gasteiger partial charge in [-0.25, -0.2) is 16.8 Å². The summed E-state index contributed by atoms with van der Waals surface area (Å²) in [5.41, 5.74) is 2.62. The Bertz CT molecular complexity index is 1030. The SMILES string of the molecule is CCN(CC)S(=O)(=O)c1ccc(NS(=O)(=O)c2ccc3c(c2)CCC3)cc1. The van der Waals surface area contributed by atoms with Crippen molar-refractivity contribution < 1.29 is 16.8 Å². The van der Waals surface area contributed by atoms with E-state index in [1.165, 1.54) is 34.1 Å². The molecule has 1 aliphatic carbocycles. The quantitative estimate of drug-likeness (QED) is 0.763. The number of aryl methyl sites for hydroxylation is 2. The number of hydrogen-bond acceptors (Lipinski definition) is 4. The van der Waals surface area contributed by atoms with E-state index in [9.17, 15) is 16.8 Å². The second-order valence-corrected chi connectivity index (χ2v) is 10.1. The average molecular weight is 409 g/mol. The van der Waals surface area contributed by atoms with Crippen molar-refractivity contribution in [3.8, 4) is 0 Å². The van der Waals surface area contributed by atoms with Crippen molar-refractivity contribution in [2.45, 2.75) is 42.9 Å². The van der Waals surface area contributed by atoms with E-state index in [-0.39, 0.29) is 9.79 Å². The molecule has 3 rings (SSSR count). The van der Waals surface area contributed by atoms with Crippen LogP contribution in [-0.2, 0) is 32.9 Å². The molecular formula is C19H24N2O4S2. The van der Waals surface area contributed by atoms with Crippen molar-refractivity contribution >= 4 is 25.7 Å². The lowest BCUT2D eigenvalue weighted by molar-refractivity contribution is 0.445. The Morgan fingerprint density at radius 3 is 2.07 bits per heavy atom. The van der Waals surface area contributed by atoms with Crippen molar-refractivity contribution in [1.29, 1.82) is 0 Å². The number of nitrogens with one attached hydrogen (secondary N) is 1. The number of rotatable bonds is 7. The highest BCUT2D eigenvalue weighted by molar-refractivity contribution is 7.92. The molecule has 0 aliphatic heterocycles. The molecule has 2 aromatic rings. The summed E-state index contributed by atoms with van der Waals surface area (Å²) in [5, 5.41) is 0. The maximum atomic E-state index is 12.6. The normalized spacial score (nSPS) is 14.3. The highest BCUT2D eigenvalue weighted by atomic mass is 32.2. The minimum atomic E-state index is -3.72. The second kappa shape index (κ2) is 7.61. The van der Waals surface area contributed by atoms with Gasteiger partial charge in [0.2, 0.25) is 10.0 Å². The van der Waals surface area contributed by atoms with Crippen LogP contribution in [0, 0.1) is 0 Å². The summed E-state index contributed by atoms with van der Waals surface area (Å²) in [7, 11) is -7.28. The van der Waals surface area contributed by atoms with Crippen LogP contribution in [-0.4, -0.2) is 34.2 Å². The molecule has 0 saturated heterocycles. The van der Waals surface area contributed by atoms with Gasteiger partial charge in [0.25, 0.3) is 10.0 Å². The summed E-state index contributed by atoms with van der Waals surface area (Å²) < 4.78 is 54.2. The lowest BCUT2D eigenvalue weighted by Gasteiger charge is -2.18. The Kier molecular flexibility index (Phi) is 5.60. The molecule has 1 aliphatic rings. The fourth-order valence-corrected chi connectivity index (χ4v) is 5.90. The van der Waals surface area contributed by atoms with Crippen LogP contribution in [0.4, 0.5) is 5.69 Å². The van der Waals surface area contributed by atoms with E-state index in [2.05, 4.69) is 4.72 Å². The molecule has 0 fully saturated rings. The summed E-state index contributed by atoms with van der Waals surface area (Å²) in [6.45, 7) is 4.32. The first-order valence-electron chi connectivity index (χ1n) is 9.02. The lowest BCUT2D eigenvalue weighted by Crippen LogP contribution is -2.30. The number of nitrogens with zero attached hydrogens (tertiary/aromatic N) is 1. The molecule has 146 valence electrons. The number of sulfonamides is 2. The van der Waals surface area contributed by atoms with Crippen molar-refractivity contribution in [2.24, 2.45) is 0 Å². The largest absolute Gasteiger partial charge is 0.280 e. The summed E-state index contributed by atoms with van der Waals surface area (Å²) >= 11 is 0. The molecule has 0 aromatic heterocycles. The van der Waals surface area contributed by atoms with Gasteiger partial charge in [-0.05, 0) is 66.8 Å². The molecule has 0 amide bonds. The van der Waals surface area contributed by atoms with Crippen molar-refractivity contribution in [3.05, 3.63) is 53.6 Å². The third-order valence-corrected chi connectivity index (χ3v) is 8.27. The van der Waals surface area contributed by atoms with Crippen LogP contribution in [0.5, 0.6) is 0 Å². The van der Waals surface area contributed by atoms with Gasteiger partial charge in [-0.15, -0.1) is 0 Å². The predicted octanol–water partition coefficient (Wildman–Crippen LogP) is 3.01. The van der Waals surface area contributed by atoms with Gasteiger partial charge < -0.3 is 0 Å². The van der Waals surface area contributed by atoms with Gasteiger partial charge in [-0.2, -0.15) is 4.31 Å². The van der Waals surface area contributed by atoms with Crippen LogP contribution in [0.1, 0.15) is 31.4 Å². The average Bonchev–Trinajstić information content (AvgIpc) is 3.10. The second-order valence-electron chi connectivity index (χ2n) is 6.50. The van der Waals surface area contributed by atoms with E-state index in [4.69, 9.17) is 0 Å². The van der Waals surface area contributed by atoms with E-state index in [0.717, 1.165) is 24.8 Å².